The number of anilines is 4. The van der Waals surface area contributed by atoms with Gasteiger partial charge in [0.05, 0.1) is 35.0 Å². The van der Waals surface area contributed by atoms with Crippen LogP contribution in [0.15, 0.2) is 53.5 Å². The number of nitrogens with one attached hydrogen (secondary N) is 3. The van der Waals surface area contributed by atoms with Crippen molar-refractivity contribution in [2.24, 2.45) is 5.41 Å². The van der Waals surface area contributed by atoms with Crippen LogP contribution < -0.4 is 36.0 Å². The largest absolute Gasteiger partial charge is 0.478 e. The molecule has 1 aliphatic carbocycles. The maximum atomic E-state index is 13.4. The van der Waals surface area contributed by atoms with Gasteiger partial charge in [-0.1, -0.05) is 11.6 Å². The summed E-state index contributed by atoms with van der Waals surface area (Å²) in [6.07, 6.45) is 10.7. The van der Waals surface area contributed by atoms with Crippen molar-refractivity contribution in [3.8, 4) is 5.75 Å². The molecule has 1 atom stereocenters. The average Bonchev–Trinajstić information content (AvgIpc) is 3.58. The number of carbonyl (C=O) groups excluding carboxylic acids is 5. The van der Waals surface area contributed by atoms with Crippen LogP contribution in [-0.2, 0) is 19.1 Å². The van der Waals surface area contributed by atoms with E-state index in [0.29, 0.717) is 45.1 Å². The summed E-state index contributed by atoms with van der Waals surface area (Å²) in [4.78, 5) is 93.5. The van der Waals surface area contributed by atoms with Gasteiger partial charge in [-0.05, 0) is 133 Å². The highest BCUT2D eigenvalue weighted by Crippen LogP contribution is 2.45. The topological polar surface area (TPSA) is 201 Å². The standard InChI is InChI=1S/C50H59ClN10O8/c1-29(2)60-39-7-4-31(22-30(39)23-41(48(60)67)68-28-43(63)52-3)54-44-38(51)27-53-49(56-44)59-16-10-34(11-17-59)69-35-24-33(25-35)58-20-14-50(15-21-58)12-18-57(19-13-50)32-5-6-36-37(26-32)47(66)61(46(36)65)40-8-9-42(62)55-45(40)64/h4-7,22-23,26-27,29,33-35,40H,8-21,24-25,28H2,1-3H3,(H,52,63)(H,53,54,56)(H,55,62,64)/t33-,35-,40?. The number of carbonyl (C=O) groups is 5. The Morgan fingerprint density at radius 3 is 2.30 bits per heavy atom. The molecule has 1 saturated carbocycles. The van der Waals surface area contributed by atoms with Crippen LogP contribution >= 0.6 is 11.6 Å². The average molecular weight is 964 g/mol. The fraction of sp³-hybridized carbons (Fsp3) is 0.520. The molecule has 3 N–H and O–H groups in total. The monoisotopic (exact) mass is 962 g/mol. The van der Waals surface area contributed by atoms with Gasteiger partial charge in [0.1, 0.15) is 11.1 Å². The van der Waals surface area contributed by atoms with Crippen LogP contribution in [0.5, 0.6) is 5.75 Å². The molecule has 1 unspecified atom stereocenters. The van der Waals surface area contributed by atoms with Gasteiger partial charge in [-0.3, -0.25) is 39.0 Å². The SMILES string of the molecule is CNC(=O)COc1cc2cc(Nc3nc(N4CCC(O[C@H]5C[C@H](N6CCC7(CCN(c8ccc9c(c8)C(=O)N(C8CCC(=O)NC8=O)C9=O)CC7)CC6)C5)CC4)ncc3Cl)ccc2n(C(C)C)c1=O. The summed E-state index contributed by atoms with van der Waals surface area (Å²) in [7, 11) is 1.52. The van der Waals surface area contributed by atoms with E-state index in [0.717, 1.165) is 99.3 Å². The Morgan fingerprint density at radius 2 is 1.59 bits per heavy atom. The van der Waals surface area contributed by atoms with Crippen LogP contribution in [0.25, 0.3) is 10.9 Å². The highest BCUT2D eigenvalue weighted by atomic mass is 35.5. The van der Waals surface area contributed by atoms with E-state index in [1.54, 1.807) is 29.0 Å². The minimum atomic E-state index is -0.970. The van der Waals surface area contributed by atoms with Gasteiger partial charge in [-0.25, -0.2) is 4.98 Å². The molecule has 5 amide bonds. The molecule has 19 heteroatoms. The number of imide groups is 2. The smallest absolute Gasteiger partial charge is 0.293 e. The maximum Gasteiger partial charge on any atom is 0.293 e. The second-order valence-corrected chi connectivity index (χ2v) is 20.2. The molecule has 2 aromatic carbocycles. The molecular formula is C50H59ClN10O8. The van der Waals surface area contributed by atoms with Crippen molar-refractivity contribution < 1.29 is 33.4 Å². The molecule has 5 aliphatic heterocycles. The van der Waals surface area contributed by atoms with E-state index in [1.165, 1.54) is 19.9 Å². The maximum absolute atomic E-state index is 13.4. The zero-order valence-corrected chi connectivity index (χ0v) is 40.1. The van der Waals surface area contributed by atoms with Crippen LogP contribution in [-0.4, -0.2) is 131 Å². The van der Waals surface area contributed by atoms with Gasteiger partial charge in [0.15, 0.2) is 18.2 Å². The van der Waals surface area contributed by atoms with E-state index in [-0.39, 0.29) is 60.8 Å². The summed E-state index contributed by atoms with van der Waals surface area (Å²) in [6, 6.07) is 12.2. The van der Waals surface area contributed by atoms with Gasteiger partial charge in [0.2, 0.25) is 17.8 Å². The van der Waals surface area contributed by atoms with Crippen LogP contribution in [0.4, 0.5) is 23.1 Å². The molecule has 4 aromatic rings. The minimum absolute atomic E-state index is 0.0938. The number of ether oxygens (including phenoxy) is 2. The molecule has 69 heavy (non-hydrogen) atoms. The third-order valence-electron chi connectivity index (χ3n) is 15.3. The number of fused-ring (bicyclic) bond motifs is 2. The molecule has 4 saturated heterocycles. The van der Waals surface area contributed by atoms with Crippen molar-refractivity contribution in [3.63, 3.8) is 0 Å². The predicted octanol–water partition coefficient (Wildman–Crippen LogP) is 5.19. The number of piperidine rings is 4. The van der Waals surface area contributed by atoms with Crippen LogP contribution in [0, 0.1) is 5.41 Å². The van der Waals surface area contributed by atoms with E-state index < -0.39 is 23.8 Å². The first-order chi connectivity index (χ1) is 33.3. The Morgan fingerprint density at radius 1 is 0.870 bits per heavy atom. The second-order valence-electron chi connectivity index (χ2n) is 19.8. The Labute approximate surface area is 405 Å². The van der Waals surface area contributed by atoms with Crippen molar-refractivity contribution in [2.75, 3.05) is 68.0 Å². The number of likely N-dealkylation sites (N-methyl/N-ethyl adjacent to an activating group) is 1. The van der Waals surface area contributed by atoms with Crippen molar-refractivity contribution in [2.45, 2.75) is 108 Å². The number of nitrogens with zero attached hydrogens (tertiary/aromatic N) is 7. The quantitative estimate of drug-likeness (QED) is 0.157. The number of likely N-dealkylation sites (tertiary alicyclic amines) is 1. The first-order valence-electron chi connectivity index (χ1n) is 24.3. The number of pyridine rings is 1. The predicted molar refractivity (Wildman–Crippen MR) is 259 cm³/mol. The third kappa shape index (κ3) is 9.25. The normalized spacial score (nSPS) is 23.1. The number of rotatable bonds is 12. The van der Waals surface area contributed by atoms with Crippen molar-refractivity contribution in [1.29, 1.82) is 0 Å². The van der Waals surface area contributed by atoms with Crippen molar-refractivity contribution in [1.82, 2.24) is 35.0 Å². The van der Waals surface area contributed by atoms with Gasteiger partial charge >= 0.3 is 0 Å². The van der Waals surface area contributed by atoms with Gasteiger partial charge in [0.25, 0.3) is 23.3 Å². The summed E-state index contributed by atoms with van der Waals surface area (Å²) >= 11 is 6.62. The fourth-order valence-electron chi connectivity index (χ4n) is 11.1. The molecular weight excluding hydrogens is 904 g/mol. The van der Waals surface area contributed by atoms with E-state index in [4.69, 9.17) is 26.1 Å². The Kier molecular flexibility index (Phi) is 12.8. The summed E-state index contributed by atoms with van der Waals surface area (Å²) in [5.41, 5.74) is 3.01. The highest BCUT2D eigenvalue weighted by Gasteiger charge is 2.46. The van der Waals surface area contributed by atoms with Crippen molar-refractivity contribution >= 4 is 75.2 Å². The molecule has 364 valence electrons. The van der Waals surface area contributed by atoms with Gasteiger partial charge in [-0.2, -0.15) is 4.98 Å². The summed E-state index contributed by atoms with van der Waals surface area (Å²) < 4.78 is 13.9. The lowest BCUT2D eigenvalue weighted by Gasteiger charge is -2.51. The van der Waals surface area contributed by atoms with E-state index in [2.05, 4.69) is 35.6 Å². The lowest BCUT2D eigenvalue weighted by molar-refractivity contribution is -0.136. The number of hydrogen-bond donors (Lipinski definition) is 3. The summed E-state index contributed by atoms with van der Waals surface area (Å²) in [5.74, 6) is -1.11. The van der Waals surface area contributed by atoms with Crippen LogP contribution in [0.2, 0.25) is 5.02 Å². The number of amides is 5. The van der Waals surface area contributed by atoms with Crippen LogP contribution in [0.1, 0.15) is 105 Å². The molecule has 2 aromatic heterocycles. The second kappa shape index (κ2) is 19.0. The number of benzene rings is 2. The molecule has 0 bridgehead atoms. The Balaban J connectivity index is 0.671. The van der Waals surface area contributed by atoms with E-state index >= 15 is 0 Å². The Hall–Kier alpha value is -6.11. The third-order valence-corrected chi connectivity index (χ3v) is 15.6. The minimum Gasteiger partial charge on any atom is -0.478 e. The number of aromatic nitrogens is 3. The van der Waals surface area contributed by atoms with Gasteiger partial charge in [-0.15, -0.1) is 0 Å². The number of halogens is 1. The first kappa shape index (κ1) is 46.6. The lowest BCUT2D eigenvalue weighted by Crippen LogP contribution is -2.54. The zero-order valence-electron chi connectivity index (χ0n) is 39.3. The zero-order chi connectivity index (χ0) is 48.1. The number of hydrogen-bond acceptors (Lipinski definition) is 14. The molecule has 6 aliphatic rings. The van der Waals surface area contributed by atoms with E-state index in [9.17, 15) is 28.8 Å². The van der Waals surface area contributed by atoms with Gasteiger partial charge < -0.3 is 39.4 Å². The van der Waals surface area contributed by atoms with Crippen molar-refractivity contribution in [3.05, 3.63) is 75.2 Å². The van der Waals surface area contributed by atoms with E-state index in [1.807, 2.05) is 38.1 Å². The fourth-order valence-corrected chi connectivity index (χ4v) is 11.3. The molecule has 0 radical (unpaired) electrons. The molecule has 18 nitrogen and oxygen atoms in total. The van der Waals surface area contributed by atoms with Crippen LogP contribution in [0.3, 0.4) is 0 Å². The summed E-state index contributed by atoms with van der Waals surface area (Å²) in [6.45, 7) is 9.07. The molecule has 5 fully saturated rings. The molecule has 1 spiro atoms. The molecule has 10 rings (SSSR count). The lowest BCUT2D eigenvalue weighted by atomic mass is 9.70. The first-order valence-corrected chi connectivity index (χ1v) is 24.7. The molecule has 7 heterocycles. The Bertz CT molecular complexity index is 2750. The van der Waals surface area contributed by atoms with Gasteiger partial charge in [0, 0.05) is 68.5 Å². The summed E-state index contributed by atoms with van der Waals surface area (Å²) in [5, 5.41) is 9.24. The highest BCUT2D eigenvalue weighted by molar-refractivity contribution is 6.33.